The van der Waals surface area contributed by atoms with Crippen LogP contribution in [0.5, 0.6) is 0 Å². The first-order chi connectivity index (χ1) is 5.22. The Bertz CT molecular complexity index is 206. The van der Waals surface area contributed by atoms with Gasteiger partial charge in [-0.1, -0.05) is 12.1 Å². The van der Waals surface area contributed by atoms with Gasteiger partial charge in [-0.3, -0.25) is 0 Å². The molecule has 0 amide bonds. The molecule has 1 aromatic carbocycles. The van der Waals surface area contributed by atoms with Crippen LogP contribution in [0.15, 0.2) is 33.2 Å². The molecule has 0 atom stereocenters. The lowest BCUT2D eigenvalue weighted by atomic mass is 10.4. The van der Waals surface area contributed by atoms with Gasteiger partial charge in [-0.2, -0.15) is 0 Å². The van der Waals surface area contributed by atoms with Gasteiger partial charge in [-0.15, -0.1) is 0 Å². The Balaban J connectivity index is 0.000000292. The van der Waals surface area contributed by atoms with Crippen molar-refractivity contribution < 1.29 is 4.79 Å². The largest absolute Gasteiger partial charge is 0.325 e. The normalized spacial score (nSPS) is 7.82. The summed E-state index contributed by atoms with van der Waals surface area (Å²) in [7, 11) is 0. The second-order valence-corrected chi connectivity index (χ2v) is 3.83. The lowest BCUT2D eigenvalue weighted by Gasteiger charge is -1.89. The van der Waals surface area contributed by atoms with Gasteiger partial charge in [-0.25, -0.2) is 0 Å². The Morgan fingerprint density at radius 1 is 1.18 bits per heavy atom. The van der Waals surface area contributed by atoms with Gasteiger partial charge in [-0.05, 0) is 44.0 Å². The van der Waals surface area contributed by atoms with Gasteiger partial charge in [0.2, 0.25) is 0 Å². The summed E-state index contributed by atoms with van der Waals surface area (Å²) in [4.78, 5) is 8.87. The lowest BCUT2D eigenvalue weighted by molar-refractivity contribution is 0.569. The van der Waals surface area contributed by atoms with Crippen molar-refractivity contribution in [1.29, 1.82) is 0 Å². The molecule has 0 unspecified atom stereocenters. The Morgan fingerprint density at radius 3 is 1.64 bits per heavy atom. The molecule has 0 saturated heterocycles. The van der Waals surface area contributed by atoms with Crippen molar-refractivity contribution in [3.05, 3.63) is 33.2 Å². The van der Waals surface area contributed by atoms with E-state index < -0.39 is 0 Å². The van der Waals surface area contributed by atoms with Gasteiger partial charge in [0.25, 0.3) is 0 Å². The minimum Gasteiger partial charge on any atom is -0.325 e. The Labute approximate surface area is 90.9 Å². The van der Waals surface area contributed by atoms with E-state index in [1.807, 2.05) is 24.3 Å². The van der Waals surface area contributed by atoms with Crippen LogP contribution in [0.3, 0.4) is 0 Å². The van der Waals surface area contributed by atoms with Crippen LogP contribution in [0.1, 0.15) is 0 Å². The zero-order valence-electron chi connectivity index (χ0n) is 6.05. The number of benzene rings is 1. The van der Waals surface area contributed by atoms with Gasteiger partial charge >= 0.3 is 16.3 Å². The fraction of sp³-hybridized carbons (Fsp3) is 0. The Morgan fingerprint density at radius 2 is 1.45 bits per heavy atom. The third-order valence-corrected chi connectivity index (χ3v) is 2.74. The highest BCUT2D eigenvalue weighted by atomic mass is 79.9. The molecule has 4 heteroatoms. The molecule has 0 N–H and O–H groups in total. The van der Waals surface area contributed by atoms with Crippen molar-refractivity contribution in [3.8, 4) is 0 Å². The third kappa shape index (κ3) is 5.63. The molecule has 1 rings (SSSR count). The van der Waals surface area contributed by atoms with Crippen molar-refractivity contribution >= 4 is 53.3 Å². The Hall–Kier alpha value is 0.382. The summed E-state index contributed by atoms with van der Waals surface area (Å²) in [5.74, 6) is 0. The molecular formula is C7H7AlBr2O. The molecule has 0 aliphatic heterocycles. The average molecular weight is 294 g/mol. The van der Waals surface area contributed by atoms with E-state index in [0.717, 1.165) is 14.1 Å². The minimum absolute atomic E-state index is 0.688. The molecule has 0 radical (unpaired) electrons. The summed E-state index contributed by atoms with van der Waals surface area (Å²) in [5, 5.41) is 0.889. The quantitative estimate of drug-likeness (QED) is 0.528. The van der Waals surface area contributed by atoms with Crippen molar-refractivity contribution in [1.82, 2.24) is 0 Å². The molecule has 0 bridgehead atoms. The second-order valence-electron chi connectivity index (χ2n) is 1.65. The molecule has 0 fully saturated rings. The standard InChI is InChI=1S/C6H4Br2.CHO.Al.2H/c7-5-3-1-2-4-6(5)8;1-2;;;/h1-4H;1H;;;. The van der Waals surface area contributed by atoms with Crippen molar-refractivity contribution in [2.75, 3.05) is 0 Å². The molecule has 1 aromatic rings. The highest BCUT2D eigenvalue weighted by molar-refractivity contribution is 9.13. The van der Waals surface area contributed by atoms with E-state index in [2.05, 4.69) is 31.9 Å². The molecule has 0 aromatic heterocycles. The fourth-order valence-electron chi connectivity index (χ4n) is 0.439. The number of halogens is 2. The van der Waals surface area contributed by atoms with Crippen LogP contribution in [0, 0.1) is 0 Å². The fourth-order valence-corrected chi connectivity index (χ4v) is 1.01. The molecule has 1 nitrogen and oxygen atoms in total. The molecule has 0 aliphatic rings. The minimum atomic E-state index is 0.688. The van der Waals surface area contributed by atoms with Crippen LogP contribution in [-0.2, 0) is 4.79 Å². The molecule has 11 heavy (non-hydrogen) atoms. The van der Waals surface area contributed by atoms with Crippen molar-refractivity contribution in [3.63, 3.8) is 0 Å². The summed E-state index contributed by atoms with van der Waals surface area (Å²) < 4.78 is 2.19. The van der Waals surface area contributed by atoms with Gasteiger partial charge in [0.05, 0.1) is 0 Å². The maximum Gasteiger partial charge on any atom is 0.313 e. The molecule has 0 aliphatic carbocycles. The summed E-state index contributed by atoms with van der Waals surface area (Å²) in [6.45, 7) is 0. The van der Waals surface area contributed by atoms with Crippen LogP contribution < -0.4 is 0 Å². The molecule has 58 valence electrons. The molecular weight excluding hydrogens is 287 g/mol. The zero-order chi connectivity index (χ0) is 8.69. The topological polar surface area (TPSA) is 17.1 Å². The van der Waals surface area contributed by atoms with Crippen LogP contribution in [0.25, 0.3) is 0 Å². The lowest BCUT2D eigenvalue weighted by Crippen LogP contribution is -1.63. The van der Waals surface area contributed by atoms with Crippen LogP contribution in [-0.4, -0.2) is 21.4 Å². The zero-order valence-corrected chi connectivity index (χ0v) is 11.2. The van der Waals surface area contributed by atoms with Crippen LogP contribution in [0.2, 0.25) is 0 Å². The number of hydrogen-bond donors (Lipinski definition) is 0. The Kier molecular flexibility index (Phi) is 7.30. The molecule has 0 saturated carbocycles. The van der Waals surface area contributed by atoms with Crippen molar-refractivity contribution in [2.45, 2.75) is 0 Å². The van der Waals surface area contributed by atoms with Gasteiger partial charge in [0.15, 0.2) is 0 Å². The first-order valence-electron chi connectivity index (χ1n) is 3.02. The highest BCUT2D eigenvalue weighted by Gasteiger charge is 1.88. The van der Waals surface area contributed by atoms with Crippen LogP contribution >= 0.6 is 31.9 Å². The van der Waals surface area contributed by atoms with E-state index in [0.29, 0.717) is 16.3 Å². The highest BCUT2D eigenvalue weighted by Crippen LogP contribution is 2.20. The summed E-state index contributed by atoms with van der Waals surface area (Å²) in [6.07, 6.45) is 0. The van der Waals surface area contributed by atoms with Crippen LogP contribution in [0.4, 0.5) is 0 Å². The van der Waals surface area contributed by atoms with Gasteiger partial charge in [0, 0.05) is 14.1 Å². The van der Waals surface area contributed by atoms with E-state index >= 15 is 0 Å². The summed E-state index contributed by atoms with van der Waals surface area (Å²) >= 11 is 7.38. The monoisotopic (exact) mass is 292 g/mol. The van der Waals surface area contributed by atoms with Crippen molar-refractivity contribution in [2.24, 2.45) is 0 Å². The van der Waals surface area contributed by atoms with E-state index in [1.165, 1.54) is 0 Å². The first-order valence-corrected chi connectivity index (χ1v) is 5.76. The number of carbonyl (C=O) groups excluding carboxylic acids is 1. The predicted octanol–water partition coefficient (Wildman–Crippen LogP) is 2.02. The average Bonchev–Trinajstić information content (AvgIpc) is 1.97. The third-order valence-electron chi connectivity index (χ3n) is 0.824. The molecule has 0 spiro atoms. The second kappa shape index (κ2) is 7.05. The maximum atomic E-state index is 8.87. The smallest absolute Gasteiger partial charge is 0.313 e. The molecule has 0 heterocycles. The van der Waals surface area contributed by atoms with E-state index in [1.54, 1.807) is 0 Å². The maximum absolute atomic E-state index is 8.87. The number of carbonyl (C=O) groups is 1. The predicted molar refractivity (Wildman–Crippen MR) is 57.1 cm³/mol. The first kappa shape index (κ1) is 11.4. The summed E-state index contributed by atoms with van der Waals surface area (Å²) in [5.41, 5.74) is 0. The van der Waals surface area contributed by atoms with E-state index in [4.69, 9.17) is 4.79 Å². The number of rotatable bonds is 0. The summed E-state index contributed by atoms with van der Waals surface area (Å²) in [6, 6.07) is 7.94. The SMILES string of the molecule is Brc1ccccc1Br.O=[CH][AlH2]. The number of hydrogen-bond acceptors (Lipinski definition) is 1. The van der Waals surface area contributed by atoms with E-state index in [-0.39, 0.29) is 0 Å². The van der Waals surface area contributed by atoms with E-state index in [9.17, 15) is 0 Å². The van der Waals surface area contributed by atoms with Gasteiger partial charge < -0.3 is 4.79 Å². The van der Waals surface area contributed by atoms with Gasteiger partial charge in [0.1, 0.15) is 0 Å².